The van der Waals surface area contributed by atoms with Gasteiger partial charge >= 0.3 is 0 Å². The van der Waals surface area contributed by atoms with Crippen LogP contribution in [0, 0.1) is 13.8 Å². The van der Waals surface area contributed by atoms with Crippen molar-refractivity contribution < 1.29 is 9.53 Å². The van der Waals surface area contributed by atoms with Crippen LogP contribution in [0.15, 0.2) is 12.1 Å². The number of ether oxygens (including phenoxy) is 1. The van der Waals surface area contributed by atoms with Gasteiger partial charge in [0.25, 0.3) is 0 Å². The van der Waals surface area contributed by atoms with E-state index in [2.05, 4.69) is 11.4 Å². The molecule has 0 heterocycles. The van der Waals surface area contributed by atoms with Gasteiger partial charge in [0, 0.05) is 12.1 Å². The predicted octanol–water partition coefficient (Wildman–Crippen LogP) is 0.887. The van der Waals surface area contributed by atoms with E-state index in [1.807, 2.05) is 19.9 Å². The van der Waals surface area contributed by atoms with Gasteiger partial charge in [0.05, 0.1) is 13.7 Å². The minimum atomic E-state index is -0.165. The van der Waals surface area contributed by atoms with E-state index in [9.17, 15) is 4.79 Å². The largest absolute Gasteiger partial charge is 0.496 e. The first-order valence-electron chi connectivity index (χ1n) is 5.19. The minimum absolute atomic E-state index is 0.00717. The van der Waals surface area contributed by atoms with Gasteiger partial charge in [0.15, 0.2) is 0 Å². The Morgan fingerprint density at radius 3 is 2.69 bits per heavy atom. The van der Waals surface area contributed by atoms with Crippen LogP contribution in [0.2, 0.25) is 0 Å². The summed E-state index contributed by atoms with van der Waals surface area (Å²) in [6, 6.07) is 4.02. The van der Waals surface area contributed by atoms with Crippen LogP contribution >= 0.6 is 0 Å². The van der Waals surface area contributed by atoms with Crippen molar-refractivity contribution in [3.05, 3.63) is 28.8 Å². The number of methoxy groups -OCH3 is 1. The third-order valence-electron chi connectivity index (χ3n) is 2.44. The SMILES string of the molecule is COc1cc(C)cc(C)c1CNC(=O)CN. The van der Waals surface area contributed by atoms with Gasteiger partial charge in [-0.2, -0.15) is 0 Å². The van der Waals surface area contributed by atoms with E-state index in [0.29, 0.717) is 6.54 Å². The highest BCUT2D eigenvalue weighted by Crippen LogP contribution is 2.23. The van der Waals surface area contributed by atoms with Crippen molar-refractivity contribution in [3.8, 4) is 5.75 Å². The molecule has 1 aromatic carbocycles. The molecule has 1 rings (SSSR count). The normalized spacial score (nSPS) is 10.0. The lowest BCUT2D eigenvalue weighted by Gasteiger charge is -2.13. The molecule has 0 fully saturated rings. The highest BCUT2D eigenvalue weighted by Gasteiger charge is 2.08. The van der Waals surface area contributed by atoms with Crippen molar-refractivity contribution in [2.75, 3.05) is 13.7 Å². The smallest absolute Gasteiger partial charge is 0.234 e. The van der Waals surface area contributed by atoms with E-state index in [1.165, 1.54) is 0 Å². The van der Waals surface area contributed by atoms with Crippen molar-refractivity contribution in [2.45, 2.75) is 20.4 Å². The Labute approximate surface area is 95.8 Å². The van der Waals surface area contributed by atoms with Crippen LogP contribution in [-0.2, 0) is 11.3 Å². The lowest BCUT2D eigenvalue weighted by molar-refractivity contribution is -0.119. The molecule has 0 atom stereocenters. The summed E-state index contributed by atoms with van der Waals surface area (Å²) in [4.78, 5) is 11.1. The maximum atomic E-state index is 11.1. The van der Waals surface area contributed by atoms with Crippen LogP contribution in [-0.4, -0.2) is 19.6 Å². The first-order valence-corrected chi connectivity index (χ1v) is 5.19. The van der Waals surface area contributed by atoms with Crippen LogP contribution < -0.4 is 15.8 Å². The van der Waals surface area contributed by atoms with Crippen molar-refractivity contribution in [1.82, 2.24) is 5.32 Å². The van der Waals surface area contributed by atoms with Crippen molar-refractivity contribution in [1.29, 1.82) is 0 Å². The summed E-state index contributed by atoms with van der Waals surface area (Å²) in [7, 11) is 1.63. The molecular formula is C12H18N2O2. The standard InChI is InChI=1S/C12H18N2O2/c1-8-4-9(2)10(11(5-8)16-3)7-14-12(15)6-13/h4-5H,6-7,13H2,1-3H3,(H,14,15). The van der Waals surface area contributed by atoms with Gasteiger partial charge in [-0.25, -0.2) is 0 Å². The second kappa shape index (κ2) is 5.51. The molecule has 4 heteroatoms. The van der Waals surface area contributed by atoms with E-state index in [0.717, 1.165) is 22.4 Å². The van der Waals surface area contributed by atoms with Gasteiger partial charge in [-0.3, -0.25) is 4.79 Å². The van der Waals surface area contributed by atoms with E-state index in [1.54, 1.807) is 7.11 Å². The van der Waals surface area contributed by atoms with Crippen LogP contribution in [0.3, 0.4) is 0 Å². The molecule has 0 saturated heterocycles. The van der Waals surface area contributed by atoms with E-state index in [4.69, 9.17) is 10.5 Å². The Hall–Kier alpha value is -1.55. The summed E-state index contributed by atoms with van der Waals surface area (Å²) in [6.07, 6.45) is 0. The van der Waals surface area contributed by atoms with Gasteiger partial charge < -0.3 is 15.8 Å². The Bertz CT molecular complexity index is 389. The Kier molecular flexibility index (Phi) is 4.31. The molecule has 0 aliphatic heterocycles. The summed E-state index contributed by atoms with van der Waals surface area (Å²) in [5, 5.41) is 2.74. The van der Waals surface area contributed by atoms with Gasteiger partial charge in [0.2, 0.25) is 5.91 Å². The number of benzene rings is 1. The van der Waals surface area contributed by atoms with Crippen LogP contribution in [0.4, 0.5) is 0 Å². The number of carbonyl (C=O) groups is 1. The number of carbonyl (C=O) groups excluding carboxylic acids is 1. The number of nitrogens with two attached hydrogens (primary N) is 1. The van der Waals surface area contributed by atoms with E-state index < -0.39 is 0 Å². The molecule has 0 unspecified atom stereocenters. The molecule has 0 aliphatic rings. The summed E-state index contributed by atoms with van der Waals surface area (Å²) in [5.74, 6) is 0.636. The number of rotatable bonds is 4. The molecule has 1 amide bonds. The molecule has 0 aromatic heterocycles. The second-order valence-electron chi connectivity index (χ2n) is 3.74. The van der Waals surface area contributed by atoms with Gasteiger partial charge in [-0.05, 0) is 31.0 Å². The molecule has 88 valence electrons. The van der Waals surface area contributed by atoms with Crippen LogP contribution in [0.5, 0.6) is 5.75 Å². The zero-order valence-electron chi connectivity index (χ0n) is 9.96. The molecule has 0 saturated carbocycles. The topological polar surface area (TPSA) is 64.3 Å². The fraction of sp³-hybridized carbons (Fsp3) is 0.417. The first kappa shape index (κ1) is 12.5. The molecule has 3 N–H and O–H groups in total. The quantitative estimate of drug-likeness (QED) is 0.795. The number of amides is 1. The molecule has 0 bridgehead atoms. The van der Waals surface area contributed by atoms with Crippen LogP contribution in [0.25, 0.3) is 0 Å². The van der Waals surface area contributed by atoms with Gasteiger partial charge in [0.1, 0.15) is 5.75 Å². The Morgan fingerprint density at radius 1 is 1.44 bits per heavy atom. The fourth-order valence-electron chi connectivity index (χ4n) is 1.63. The fourth-order valence-corrected chi connectivity index (χ4v) is 1.63. The molecule has 16 heavy (non-hydrogen) atoms. The minimum Gasteiger partial charge on any atom is -0.496 e. The summed E-state index contributed by atoms with van der Waals surface area (Å²) in [5.41, 5.74) is 8.47. The maximum absolute atomic E-state index is 11.1. The number of aryl methyl sites for hydroxylation is 2. The average Bonchev–Trinajstić information content (AvgIpc) is 2.26. The maximum Gasteiger partial charge on any atom is 0.234 e. The molecule has 4 nitrogen and oxygen atoms in total. The van der Waals surface area contributed by atoms with Crippen LogP contribution in [0.1, 0.15) is 16.7 Å². The van der Waals surface area contributed by atoms with Gasteiger partial charge in [-0.15, -0.1) is 0 Å². The number of hydrogen-bond donors (Lipinski definition) is 2. The highest BCUT2D eigenvalue weighted by atomic mass is 16.5. The summed E-state index contributed by atoms with van der Waals surface area (Å²) >= 11 is 0. The van der Waals surface area contributed by atoms with Gasteiger partial charge in [-0.1, -0.05) is 6.07 Å². The van der Waals surface area contributed by atoms with Crippen molar-refractivity contribution >= 4 is 5.91 Å². The molecule has 0 spiro atoms. The summed E-state index contributed by atoms with van der Waals surface area (Å²) < 4.78 is 5.29. The average molecular weight is 222 g/mol. The van der Waals surface area contributed by atoms with E-state index >= 15 is 0 Å². The number of nitrogens with one attached hydrogen (secondary N) is 1. The number of hydrogen-bond acceptors (Lipinski definition) is 3. The zero-order valence-corrected chi connectivity index (χ0v) is 9.96. The molecule has 0 aliphatic carbocycles. The lowest BCUT2D eigenvalue weighted by atomic mass is 10.0. The predicted molar refractivity (Wildman–Crippen MR) is 63.4 cm³/mol. The van der Waals surface area contributed by atoms with Crippen molar-refractivity contribution in [3.63, 3.8) is 0 Å². The second-order valence-corrected chi connectivity index (χ2v) is 3.74. The third kappa shape index (κ3) is 2.97. The Morgan fingerprint density at radius 2 is 2.12 bits per heavy atom. The molecule has 1 aromatic rings. The Balaban J connectivity index is 2.89. The highest BCUT2D eigenvalue weighted by molar-refractivity contribution is 5.77. The summed E-state index contributed by atoms with van der Waals surface area (Å²) in [6.45, 7) is 4.47. The van der Waals surface area contributed by atoms with Crippen molar-refractivity contribution in [2.24, 2.45) is 5.73 Å². The third-order valence-corrected chi connectivity index (χ3v) is 2.44. The molecular weight excluding hydrogens is 204 g/mol. The lowest BCUT2D eigenvalue weighted by Crippen LogP contribution is -2.30. The molecule has 0 radical (unpaired) electrons. The first-order chi connectivity index (χ1) is 7.58. The monoisotopic (exact) mass is 222 g/mol. The van der Waals surface area contributed by atoms with E-state index in [-0.39, 0.29) is 12.5 Å². The zero-order chi connectivity index (χ0) is 12.1.